The molecular formula is C70H49NO3. The predicted molar refractivity (Wildman–Crippen MR) is 309 cm³/mol. The van der Waals surface area contributed by atoms with Crippen molar-refractivity contribution in [3.63, 3.8) is 0 Å². The standard InChI is InChI=1S/C70H49NO3/c1-42-35-47(50-21-30-62-59-11-5-8-14-65(59)73-69(62)40-50)19-28-55(42)57-32-26-53(37-44(57)3)71(52-24-17-46(18-25-52)49-23-34-68-64(39-49)61-13-7-10-16-67(61)72-68)54-27-33-58(45(4)38-54)56-29-20-48(36-43(56)2)51-22-31-63-60-12-6-9-15-66(60)74-70(63)41-51/h5-41H,1-4H3. The third-order valence-electron chi connectivity index (χ3n) is 15.2. The molecule has 0 N–H and O–H groups in total. The SMILES string of the molecule is Cc1cc(-c2ccc3c(c2)oc2ccccc23)ccc1-c1ccc(N(c2ccc(-c3ccc4oc5ccccc5c4c3)cc2)c2ccc(-c3ccc(-c4ccc5c(c4)oc4ccccc45)cc3C)c(C)c2)cc1C. The molecule has 0 fully saturated rings. The van der Waals surface area contributed by atoms with E-state index in [1.807, 2.05) is 36.4 Å². The van der Waals surface area contributed by atoms with Gasteiger partial charge >= 0.3 is 0 Å². The number of para-hydroxylation sites is 3. The van der Waals surface area contributed by atoms with Crippen LogP contribution in [0, 0.1) is 27.7 Å². The molecular weight excluding hydrogens is 903 g/mol. The average molecular weight is 952 g/mol. The first-order valence-electron chi connectivity index (χ1n) is 25.4. The van der Waals surface area contributed by atoms with E-state index in [-0.39, 0.29) is 0 Å². The molecule has 0 saturated carbocycles. The van der Waals surface area contributed by atoms with Crippen LogP contribution in [0.3, 0.4) is 0 Å². The van der Waals surface area contributed by atoms with E-state index in [0.29, 0.717) is 0 Å². The van der Waals surface area contributed by atoms with Crippen LogP contribution in [0.1, 0.15) is 22.3 Å². The Labute approximate surface area is 429 Å². The van der Waals surface area contributed by atoms with E-state index in [1.54, 1.807) is 0 Å². The first-order chi connectivity index (χ1) is 36.3. The zero-order valence-corrected chi connectivity index (χ0v) is 41.5. The molecule has 0 aliphatic heterocycles. The lowest BCUT2D eigenvalue weighted by Crippen LogP contribution is -2.11. The van der Waals surface area contributed by atoms with Crippen molar-refractivity contribution in [1.82, 2.24) is 0 Å². The molecule has 4 nitrogen and oxygen atoms in total. The van der Waals surface area contributed by atoms with E-state index in [4.69, 9.17) is 13.3 Å². The summed E-state index contributed by atoms with van der Waals surface area (Å²) in [4.78, 5) is 2.39. The lowest BCUT2D eigenvalue weighted by Gasteiger charge is -2.27. The summed E-state index contributed by atoms with van der Waals surface area (Å²) in [7, 11) is 0. The molecule has 0 aliphatic carbocycles. The number of hydrogen-bond donors (Lipinski definition) is 0. The number of anilines is 3. The highest BCUT2D eigenvalue weighted by Crippen LogP contribution is 2.43. The Morgan fingerprint density at radius 2 is 0.554 bits per heavy atom. The van der Waals surface area contributed by atoms with E-state index in [9.17, 15) is 0 Å². The Hall–Kier alpha value is -9.38. The third kappa shape index (κ3) is 7.29. The van der Waals surface area contributed by atoms with Crippen LogP contribution in [0.25, 0.3) is 121 Å². The van der Waals surface area contributed by atoms with Crippen LogP contribution < -0.4 is 4.90 Å². The molecule has 11 aromatic carbocycles. The molecule has 0 aliphatic rings. The Kier molecular flexibility index (Phi) is 10.1. The van der Waals surface area contributed by atoms with Crippen molar-refractivity contribution in [3.8, 4) is 55.6 Å². The van der Waals surface area contributed by atoms with Crippen molar-refractivity contribution in [2.45, 2.75) is 27.7 Å². The fourth-order valence-corrected chi connectivity index (χ4v) is 11.4. The number of fused-ring (bicyclic) bond motifs is 9. The van der Waals surface area contributed by atoms with E-state index in [2.05, 4.69) is 221 Å². The molecule has 3 heterocycles. The summed E-state index contributed by atoms with van der Waals surface area (Å²) in [6, 6.07) is 80.7. The molecule has 352 valence electrons. The van der Waals surface area contributed by atoms with Crippen LogP contribution >= 0.6 is 0 Å². The normalized spacial score (nSPS) is 11.8. The fraction of sp³-hybridized carbons (Fsp3) is 0.0571. The highest BCUT2D eigenvalue weighted by Gasteiger charge is 2.19. The van der Waals surface area contributed by atoms with Gasteiger partial charge in [-0.1, -0.05) is 133 Å². The lowest BCUT2D eigenvalue weighted by atomic mass is 9.92. The number of aryl methyl sites for hydroxylation is 4. The van der Waals surface area contributed by atoms with Gasteiger partial charge in [-0.15, -0.1) is 0 Å². The number of furan rings is 3. The smallest absolute Gasteiger partial charge is 0.136 e. The monoisotopic (exact) mass is 951 g/mol. The Morgan fingerprint density at radius 3 is 1.03 bits per heavy atom. The summed E-state index contributed by atoms with van der Waals surface area (Å²) in [5.41, 5.74) is 25.3. The van der Waals surface area contributed by atoms with Crippen LogP contribution in [0.5, 0.6) is 0 Å². The molecule has 0 spiro atoms. The summed E-state index contributed by atoms with van der Waals surface area (Å²) in [6.07, 6.45) is 0. The molecule has 14 aromatic rings. The maximum Gasteiger partial charge on any atom is 0.136 e. The highest BCUT2D eigenvalue weighted by atomic mass is 16.3. The van der Waals surface area contributed by atoms with E-state index in [1.165, 1.54) is 55.6 Å². The molecule has 0 unspecified atom stereocenters. The summed E-state index contributed by atoms with van der Waals surface area (Å²) >= 11 is 0. The maximum atomic E-state index is 6.26. The van der Waals surface area contributed by atoms with Crippen LogP contribution in [0.2, 0.25) is 0 Å². The molecule has 3 aromatic heterocycles. The van der Waals surface area contributed by atoms with Crippen molar-refractivity contribution >= 4 is 82.9 Å². The second kappa shape index (κ2) is 17.1. The zero-order valence-electron chi connectivity index (χ0n) is 41.5. The second-order valence-electron chi connectivity index (χ2n) is 19.9. The molecule has 0 radical (unpaired) electrons. The Morgan fingerprint density at radius 1 is 0.230 bits per heavy atom. The van der Waals surface area contributed by atoms with Crippen LogP contribution in [-0.4, -0.2) is 0 Å². The predicted octanol–water partition coefficient (Wildman–Crippen LogP) is 20.4. The van der Waals surface area contributed by atoms with Gasteiger partial charge in [0.25, 0.3) is 0 Å². The van der Waals surface area contributed by atoms with Crippen molar-refractivity contribution in [3.05, 3.63) is 247 Å². The van der Waals surface area contributed by atoms with Gasteiger partial charge in [-0.25, -0.2) is 0 Å². The van der Waals surface area contributed by atoms with Gasteiger partial charge in [0.2, 0.25) is 0 Å². The highest BCUT2D eigenvalue weighted by molar-refractivity contribution is 6.08. The minimum absolute atomic E-state index is 0.897. The van der Waals surface area contributed by atoms with Crippen LogP contribution in [-0.2, 0) is 0 Å². The van der Waals surface area contributed by atoms with Crippen LogP contribution in [0.4, 0.5) is 17.1 Å². The number of hydrogen-bond acceptors (Lipinski definition) is 4. The Bertz CT molecular complexity index is 4330. The van der Waals surface area contributed by atoms with Gasteiger partial charge in [0.1, 0.15) is 33.5 Å². The van der Waals surface area contributed by atoms with E-state index >= 15 is 0 Å². The fourth-order valence-electron chi connectivity index (χ4n) is 11.4. The van der Waals surface area contributed by atoms with Gasteiger partial charge in [0.05, 0.1) is 0 Å². The molecule has 14 rings (SSSR count). The third-order valence-corrected chi connectivity index (χ3v) is 15.2. The molecule has 4 heteroatoms. The summed E-state index contributed by atoms with van der Waals surface area (Å²) in [6.45, 7) is 8.89. The van der Waals surface area contributed by atoms with E-state index < -0.39 is 0 Å². The van der Waals surface area contributed by atoms with Crippen molar-refractivity contribution in [2.75, 3.05) is 4.90 Å². The molecule has 0 amide bonds. The summed E-state index contributed by atoms with van der Waals surface area (Å²) in [5, 5.41) is 6.82. The van der Waals surface area contributed by atoms with Gasteiger partial charge in [-0.05, 0) is 197 Å². The molecule has 0 atom stereocenters. The molecule has 0 saturated heterocycles. The number of rotatable bonds is 8. The van der Waals surface area contributed by atoms with Crippen molar-refractivity contribution in [1.29, 1.82) is 0 Å². The molecule has 74 heavy (non-hydrogen) atoms. The summed E-state index contributed by atoms with van der Waals surface area (Å²) < 4.78 is 18.7. The maximum absolute atomic E-state index is 6.26. The quantitative estimate of drug-likeness (QED) is 0.152. The molecule has 0 bridgehead atoms. The lowest BCUT2D eigenvalue weighted by molar-refractivity contribution is 0.668. The first-order valence-corrected chi connectivity index (χ1v) is 25.4. The zero-order chi connectivity index (χ0) is 49.6. The van der Waals surface area contributed by atoms with Gasteiger partial charge in [0.15, 0.2) is 0 Å². The van der Waals surface area contributed by atoms with Gasteiger partial charge in [-0.3, -0.25) is 0 Å². The minimum Gasteiger partial charge on any atom is -0.456 e. The van der Waals surface area contributed by atoms with Gasteiger partial charge < -0.3 is 18.2 Å². The summed E-state index contributed by atoms with van der Waals surface area (Å²) in [5.74, 6) is 0. The van der Waals surface area contributed by atoms with Crippen molar-refractivity contribution < 1.29 is 13.3 Å². The minimum atomic E-state index is 0.897. The number of nitrogens with zero attached hydrogens (tertiary/aromatic N) is 1. The number of benzene rings is 11. The second-order valence-corrected chi connectivity index (χ2v) is 19.9. The Balaban J connectivity index is 0.809. The topological polar surface area (TPSA) is 42.7 Å². The average Bonchev–Trinajstić information content (AvgIpc) is 4.13. The van der Waals surface area contributed by atoms with Gasteiger partial charge in [0, 0.05) is 49.4 Å². The first kappa shape index (κ1) is 43.4. The van der Waals surface area contributed by atoms with Gasteiger partial charge in [-0.2, -0.15) is 0 Å². The van der Waals surface area contributed by atoms with Crippen molar-refractivity contribution in [2.24, 2.45) is 0 Å². The van der Waals surface area contributed by atoms with E-state index in [0.717, 1.165) is 105 Å². The van der Waals surface area contributed by atoms with Crippen LogP contribution in [0.15, 0.2) is 238 Å². The largest absolute Gasteiger partial charge is 0.456 e.